The number of aryl methyl sites for hydroxylation is 1. The zero-order valence-corrected chi connectivity index (χ0v) is 9.71. The highest BCUT2D eigenvalue weighted by Gasteiger charge is 2.19. The van der Waals surface area contributed by atoms with Gasteiger partial charge in [-0.05, 0) is 38.0 Å². The predicted octanol–water partition coefficient (Wildman–Crippen LogP) is 2.57. The molecular formula is C13H19N3. The first kappa shape index (κ1) is 10.1. The molecular weight excluding hydrogens is 198 g/mol. The molecule has 0 saturated heterocycles. The molecule has 0 radical (unpaired) electrons. The molecule has 1 aromatic rings. The van der Waals surface area contributed by atoms with Gasteiger partial charge in [0.05, 0.1) is 0 Å². The van der Waals surface area contributed by atoms with E-state index in [0.717, 1.165) is 31.1 Å². The number of rotatable bonds is 3. The number of aromatic nitrogens is 2. The van der Waals surface area contributed by atoms with Crippen molar-refractivity contribution in [2.45, 2.75) is 44.9 Å². The number of nitrogens with one attached hydrogen (secondary N) is 1. The van der Waals surface area contributed by atoms with Gasteiger partial charge in [-0.3, -0.25) is 0 Å². The third-order valence-corrected chi connectivity index (χ3v) is 3.91. The smallest absolute Gasteiger partial charge is 0.132 e. The SMILES string of the molecule is c1nc2c(c(NCC3CCCC3)n1)CCC2. The third kappa shape index (κ3) is 1.91. The van der Waals surface area contributed by atoms with E-state index in [2.05, 4.69) is 15.3 Å². The van der Waals surface area contributed by atoms with Crippen molar-refractivity contribution in [2.75, 3.05) is 11.9 Å². The van der Waals surface area contributed by atoms with E-state index in [4.69, 9.17) is 0 Å². The number of hydrogen-bond donors (Lipinski definition) is 1. The molecule has 1 N–H and O–H groups in total. The fourth-order valence-electron chi connectivity index (χ4n) is 2.97. The highest BCUT2D eigenvalue weighted by molar-refractivity contribution is 5.47. The van der Waals surface area contributed by atoms with E-state index in [1.807, 2.05) is 0 Å². The van der Waals surface area contributed by atoms with E-state index in [1.54, 1.807) is 6.33 Å². The monoisotopic (exact) mass is 217 g/mol. The summed E-state index contributed by atoms with van der Waals surface area (Å²) in [6, 6.07) is 0. The van der Waals surface area contributed by atoms with Gasteiger partial charge in [0.2, 0.25) is 0 Å². The zero-order chi connectivity index (χ0) is 10.8. The highest BCUT2D eigenvalue weighted by atomic mass is 15.0. The van der Waals surface area contributed by atoms with Crippen LogP contribution in [0.4, 0.5) is 5.82 Å². The molecule has 1 aromatic heterocycles. The van der Waals surface area contributed by atoms with Crippen LogP contribution >= 0.6 is 0 Å². The van der Waals surface area contributed by atoms with E-state index >= 15 is 0 Å². The molecule has 3 nitrogen and oxygen atoms in total. The van der Waals surface area contributed by atoms with Gasteiger partial charge in [0.1, 0.15) is 12.1 Å². The second-order valence-electron chi connectivity index (χ2n) is 5.03. The van der Waals surface area contributed by atoms with Crippen LogP contribution in [0.3, 0.4) is 0 Å². The molecule has 0 amide bonds. The topological polar surface area (TPSA) is 37.8 Å². The Morgan fingerprint density at radius 2 is 2.00 bits per heavy atom. The molecule has 3 rings (SSSR count). The number of hydrogen-bond acceptors (Lipinski definition) is 3. The number of nitrogens with zero attached hydrogens (tertiary/aromatic N) is 2. The molecule has 86 valence electrons. The quantitative estimate of drug-likeness (QED) is 0.845. The summed E-state index contributed by atoms with van der Waals surface area (Å²) in [5.74, 6) is 1.97. The average molecular weight is 217 g/mol. The van der Waals surface area contributed by atoms with Crippen LogP contribution in [0.15, 0.2) is 6.33 Å². The summed E-state index contributed by atoms with van der Waals surface area (Å²) in [6.45, 7) is 1.10. The van der Waals surface area contributed by atoms with Gasteiger partial charge in [-0.1, -0.05) is 12.8 Å². The maximum atomic E-state index is 4.39. The summed E-state index contributed by atoms with van der Waals surface area (Å²) in [5.41, 5.74) is 2.64. The molecule has 0 bridgehead atoms. The van der Waals surface area contributed by atoms with Crippen molar-refractivity contribution in [3.05, 3.63) is 17.6 Å². The predicted molar refractivity (Wildman–Crippen MR) is 64.5 cm³/mol. The summed E-state index contributed by atoms with van der Waals surface area (Å²) in [5, 5.41) is 3.54. The van der Waals surface area contributed by atoms with Gasteiger partial charge < -0.3 is 5.32 Å². The standard InChI is InChI=1S/C13H19N3/c1-2-5-10(4-1)8-14-13-11-6-3-7-12(11)15-9-16-13/h9-10H,1-8H2,(H,14,15,16). The molecule has 2 aliphatic carbocycles. The van der Waals surface area contributed by atoms with Crippen LogP contribution in [-0.4, -0.2) is 16.5 Å². The molecule has 0 aromatic carbocycles. The van der Waals surface area contributed by atoms with E-state index in [0.29, 0.717) is 0 Å². The van der Waals surface area contributed by atoms with Gasteiger partial charge >= 0.3 is 0 Å². The lowest BCUT2D eigenvalue weighted by atomic mass is 10.1. The van der Waals surface area contributed by atoms with E-state index in [-0.39, 0.29) is 0 Å². The minimum absolute atomic E-state index is 0.868. The van der Waals surface area contributed by atoms with Crippen molar-refractivity contribution >= 4 is 5.82 Å². The van der Waals surface area contributed by atoms with Crippen LogP contribution in [0, 0.1) is 5.92 Å². The van der Waals surface area contributed by atoms with Crippen LogP contribution in [0.25, 0.3) is 0 Å². The first-order chi connectivity index (χ1) is 7.93. The van der Waals surface area contributed by atoms with E-state index in [9.17, 15) is 0 Å². The normalized spacial score (nSPS) is 20.0. The van der Waals surface area contributed by atoms with Crippen molar-refractivity contribution in [3.63, 3.8) is 0 Å². The van der Waals surface area contributed by atoms with Crippen LogP contribution in [-0.2, 0) is 12.8 Å². The van der Waals surface area contributed by atoms with Gasteiger partial charge in [-0.15, -0.1) is 0 Å². The van der Waals surface area contributed by atoms with Crippen molar-refractivity contribution in [3.8, 4) is 0 Å². The Hall–Kier alpha value is -1.12. The lowest BCUT2D eigenvalue weighted by Gasteiger charge is -2.13. The molecule has 1 saturated carbocycles. The fourth-order valence-corrected chi connectivity index (χ4v) is 2.97. The third-order valence-electron chi connectivity index (χ3n) is 3.91. The zero-order valence-electron chi connectivity index (χ0n) is 9.71. The summed E-state index contributed by atoms with van der Waals surface area (Å²) >= 11 is 0. The summed E-state index contributed by atoms with van der Waals surface area (Å²) < 4.78 is 0. The molecule has 16 heavy (non-hydrogen) atoms. The van der Waals surface area contributed by atoms with Crippen LogP contribution in [0.5, 0.6) is 0 Å². The second kappa shape index (κ2) is 4.40. The molecule has 0 atom stereocenters. The van der Waals surface area contributed by atoms with Crippen LogP contribution in [0.2, 0.25) is 0 Å². The highest BCUT2D eigenvalue weighted by Crippen LogP contribution is 2.28. The number of anilines is 1. The Morgan fingerprint density at radius 3 is 2.88 bits per heavy atom. The molecule has 0 spiro atoms. The molecule has 2 aliphatic rings. The van der Waals surface area contributed by atoms with Crippen molar-refractivity contribution in [2.24, 2.45) is 5.92 Å². The Labute approximate surface area is 96.7 Å². The molecule has 3 heteroatoms. The van der Waals surface area contributed by atoms with Crippen molar-refractivity contribution < 1.29 is 0 Å². The maximum absolute atomic E-state index is 4.39. The summed E-state index contributed by atoms with van der Waals surface area (Å²) in [6.07, 6.45) is 10.8. The lowest BCUT2D eigenvalue weighted by molar-refractivity contribution is 0.578. The largest absolute Gasteiger partial charge is 0.369 e. The average Bonchev–Trinajstić information content (AvgIpc) is 2.97. The molecule has 0 unspecified atom stereocenters. The van der Waals surface area contributed by atoms with E-state index in [1.165, 1.54) is 43.4 Å². The minimum atomic E-state index is 0.868. The number of fused-ring (bicyclic) bond motifs is 1. The van der Waals surface area contributed by atoms with Gasteiger partial charge in [-0.2, -0.15) is 0 Å². The van der Waals surface area contributed by atoms with Crippen LogP contribution in [0.1, 0.15) is 43.4 Å². The fraction of sp³-hybridized carbons (Fsp3) is 0.692. The minimum Gasteiger partial charge on any atom is -0.369 e. The van der Waals surface area contributed by atoms with Crippen molar-refractivity contribution in [1.82, 2.24) is 9.97 Å². The lowest BCUT2D eigenvalue weighted by Crippen LogP contribution is -2.13. The molecule has 0 aliphatic heterocycles. The first-order valence-corrected chi connectivity index (χ1v) is 6.50. The summed E-state index contributed by atoms with van der Waals surface area (Å²) in [4.78, 5) is 8.74. The second-order valence-corrected chi connectivity index (χ2v) is 5.03. The first-order valence-electron chi connectivity index (χ1n) is 6.50. The van der Waals surface area contributed by atoms with Gasteiger partial charge in [0.15, 0.2) is 0 Å². The van der Waals surface area contributed by atoms with Gasteiger partial charge in [0, 0.05) is 17.8 Å². The van der Waals surface area contributed by atoms with Crippen molar-refractivity contribution in [1.29, 1.82) is 0 Å². The summed E-state index contributed by atoms with van der Waals surface area (Å²) in [7, 11) is 0. The van der Waals surface area contributed by atoms with Crippen LogP contribution < -0.4 is 5.32 Å². The maximum Gasteiger partial charge on any atom is 0.132 e. The van der Waals surface area contributed by atoms with Gasteiger partial charge in [-0.25, -0.2) is 9.97 Å². The Morgan fingerprint density at radius 1 is 1.12 bits per heavy atom. The van der Waals surface area contributed by atoms with E-state index < -0.39 is 0 Å². The molecule has 1 fully saturated rings. The Bertz CT molecular complexity index is 369. The molecule has 1 heterocycles. The van der Waals surface area contributed by atoms with Gasteiger partial charge in [0.25, 0.3) is 0 Å². The Kier molecular flexibility index (Phi) is 2.77. The Balaban J connectivity index is 1.67.